The number of thiazole rings is 1. The van der Waals surface area contributed by atoms with Gasteiger partial charge in [0.2, 0.25) is 5.88 Å². The van der Waals surface area contributed by atoms with Crippen LogP contribution in [0.4, 0.5) is 31.5 Å². The molecule has 1 saturated heterocycles. The van der Waals surface area contributed by atoms with Crippen LogP contribution in [-0.2, 0) is 17.1 Å². The molecular weight excluding hydrogens is 562 g/mol. The number of aromatic nitrogens is 3. The van der Waals surface area contributed by atoms with Crippen LogP contribution >= 0.6 is 11.3 Å². The largest absolute Gasteiger partial charge is 0.492 e. The van der Waals surface area contributed by atoms with Gasteiger partial charge in [-0.25, -0.2) is 0 Å². The third-order valence-corrected chi connectivity index (χ3v) is 7.76. The fourth-order valence-electron chi connectivity index (χ4n) is 4.61. The average molecular weight is 583 g/mol. The van der Waals surface area contributed by atoms with Crippen LogP contribution in [0.15, 0.2) is 42.6 Å². The molecule has 0 spiro atoms. The molecule has 40 heavy (non-hydrogen) atoms. The predicted molar refractivity (Wildman–Crippen MR) is 136 cm³/mol. The minimum absolute atomic E-state index is 0.0560. The molecule has 14 heteroatoms. The molecule has 1 atom stereocenters. The summed E-state index contributed by atoms with van der Waals surface area (Å²) in [6.07, 6.45) is -6.49. The molecule has 2 aromatic carbocycles. The number of carboxylic acid groups (broad SMARTS) is 1. The number of aromatic amines is 1. The van der Waals surface area contributed by atoms with Crippen molar-refractivity contribution >= 4 is 45.0 Å². The first-order valence-corrected chi connectivity index (χ1v) is 12.7. The fourth-order valence-corrected chi connectivity index (χ4v) is 5.65. The predicted octanol–water partition coefficient (Wildman–Crippen LogP) is 6.65. The Labute approximate surface area is 226 Å². The van der Waals surface area contributed by atoms with Gasteiger partial charge in [-0.2, -0.15) is 36.4 Å². The van der Waals surface area contributed by atoms with Gasteiger partial charge in [-0.15, -0.1) is 0 Å². The number of carboxylic acids is 1. The van der Waals surface area contributed by atoms with Crippen molar-refractivity contribution in [3.8, 4) is 5.88 Å². The van der Waals surface area contributed by atoms with Crippen LogP contribution in [0.25, 0.3) is 22.6 Å². The number of fused-ring (bicyclic) bond motifs is 1. The van der Waals surface area contributed by atoms with E-state index in [1.807, 2.05) is 0 Å². The molecule has 1 fully saturated rings. The molecule has 7 nitrogen and oxygen atoms in total. The van der Waals surface area contributed by atoms with Crippen molar-refractivity contribution in [2.24, 2.45) is 5.92 Å². The first-order valence-electron chi connectivity index (χ1n) is 11.9. The Balaban J connectivity index is 1.67. The second-order valence-corrected chi connectivity index (χ2v) is 10.3. The number of benzene rings is 2. The van der Waals surface area contributed by atoms with Gasteiger partial charge in [-0.3, -0.25) is 9.89 Å². The zero-order chi connectivity index (χ0) is 28.8. The summed E-state index contributed by atoms with van der Waals surface area (Å²) in [4.78, 5) is 17.4. The van der Waals surface area contributed by atoms with Gasteiger partial charge in [0.15, 0.2) is 5.13 Å². The third kappa shape index (κ3) is 5.48. The van der Waals surface area contributed by atoms with Crippen molar-refractivity contribution in [3.05, 3.63) is 69.7 Å². The van der Waals surface area contributed by atoms with Crippen LogP contribution in [0.5, 0.6) is 5.88 Å². The van der Waals surface area contributed by atoms with E-state index in [-0.39, 0.29) is 28.2 Å². The second-order valence-electron chi connectivity index (χ2n) is 9.30. The minimum atomic E-state index is -5.10. The molecular formula is C26H20F6N4O3S. The molecule has 0 radical (unpaired) electrons. The van der Waals surface area contributed by atoms with E-state index in [4.69, 9.17) is 0 Å². The van der Waals surface area contributed by atoms with Crippen molar-refractivity contribution in [1.29, 1.82) is 0 Å². The van der Waals surface area contributed by atoms with E-state index in [2.05, 4.69) is 15.2 Å². The standard InChI is InChI=1S/C26H20F6N4O3S/c27-25(28,29)17-5-3-14(19(10-17)26(30,31)32)9-18(13-4-6-20-16(8-13)11-33-35-20)21-22(37)34-24(40-21)36-7-1-2-15(12-36)23(38)39/h3-6,8-11,15,37H,1-2,7,12H2,(H,33,35)(H,38,39)/t15-/m0/s1. The highest BCUT2D eigenvalue weighted by Crippen LogP contribution is 2.43. The number of H-pyrrole nitrogens is 1. The molecule has 2 aromatic heterocycles. The molecule has 1 aliphatic heterocycles. The molecule has 1 aliphatic rings. The summed E-state index contributed by atoms with van der Waals surface area (Å²) in [5, 5.41) is 27.8. The normalized spacial score (nSPS) is 17.0. The quantitative estimate of drug-likeness (QED) is 0.180. The lowest BCUT2D eigenvalue weighted by molar-refractivity contribution is -0.143. The molecule has 210 valence electrons. The highest BCUT2D eigenvalue weighted by molar-refractivity contribution is 7.17. The van der Waals surface area contributed by atoms with Gasteiger partial charge >= 0.3 is 18.3 Å². The average Bonchev–Trinajstić information content (AvgIpc) is 3.52. The van der Waals surface area contributed by atoms with Crippen molar-refractivity contribution in [1.82, 2.24) is 15.2 Å². The van der Waals surface area contributed by atoms with Gasteiger partial charge in [0.1, 0.15) is 4.88 Å². The number of halogens is 6. The number of hydrogen-bond acceptors (Lipinski definition) is 6. The van der Waals surface area contributed by atoms with E-state index < -0.39 is 46.8 Å². The third-order valence-electron chi connectivity index (χ3n) is 6.62. The first-order chi connectivity index (χ1) is 18.8. The number of aromatic hydroxyl groups is 1. The Bertz CT molecular complexity index is 1610. The second kappa shape index (κ2) is 10.2. The number of alkyl halides is 6. The molecule has 0 unspecified atom stereocenters. The Morgan fingerprint density at radius 1 is 1.10 bits per heavy atom. The molecule has 0 amide bonds. The molecule has 0 bridgehead atoms. The number of hydrogen-bond donors (Lipinski definition) is 3. The molecule has 0 saturated carbocycles. The van der Waals surface area contributed by atoms with E-state index in [1.165, 1.54) is 6.20 Å². The van der Waals surface area contributed by atoms with Gasteiger partial charge in [0.25, 0.3) is 0 Å². The van der Waals surface area contributed by atoms with Gasteiger partial charge < -0.3 is 15.1 Å². The molecule has 4 aromatic rings. The number of piperidine rings is 1. The maximum atomic E-state index is 13.9. The smallest absolute Gasteiger partial charge is 0.417 e. The number of rotatable bonds is 5. The van der Waals surface area contributed by atoms with E-state index in [0.29, 0.717) is 41.9 Å². The number of anilines is 1. The Hall–Kier alpha value is -4.07. The van der Waals surface area contributed by atoms with Crippen molar-refractivity contribution < 1.29 is 41.4 Å². The minimum Gasteiger partial charge on any atom is -0.492 e. The van der Waals surface area contributed by atoms with Gasteiger partial charge in [-0.1, -0.05) is 23.5 Å². The maximum Gasteiger partial charge on any atom is 0.417 e. The topological polar surface area (TPSA) is 102 Å². The summed E-state index contributed by atoms with van der Waals surface area (Å²) in [5.41, 5.74) is -2.40. The summed E-state index contributed by atoms with van der Waals surface area (Å²) in [5.74, 6) is -2.12. The van der Waals surface area contributed by atoms with Gasteiger partial charge in [0.05, 0.1) is 28.8 Å². The molecule has 3 N–H and O–H groups in total. The summed E-state index contributed by atoms with van der Waals surface area (Å²) in [7, 11) is 0. The zero-order valence-electron chi connectivity index (χ0n) is 20.3. The maximum absolute atomic E-state index is 13.9. The molecule has 5 rings (SSSR count). The number of nitrogens with zero attached hydrogens (tertiary/aromatic N) is 3. The van der Waals surface area contributed by atoms with Gasteiger partial charge in [0, 0.05) is 24.0 Å². The van der Waals surface area contributed by atoms with Crippen LogP contribution in [0.3, 0.4) is 0 Å². The lowest BCUT2D eigenvalue weighted by atomic mass is 9.96. The van der Waals surface area contributed by atoms with Crippen LogP contribution in [0.2, 0.25) is 0 Å². The number of nitrogens with one attached hydrogen (secondary N) is 1. The van der Waals surface area contributed by atoms with Crippen molar-refractivity contribution in [2.45, 2.75) is 25.2 Å². The highest BCUT2D eigenvalue weighted by atomic mass is 32.1. The lowest BCUT2D eigenvalue weighted by Crippen LogP contribution is -2.38. The van der Waals surface area contributed by atoms with E-state index in [0.717, 1.165) is 23.5 Å². The number of carbonyl (C=O) groups is 1. The van der Waals surface area contributed by atoms with Crippen LogP contribution < -0.4 is 4.90 Å². The summed E-state index contributed by atoms with van der Waals surface area (Å²) in [6, 6.07) is 6.18. The van der Waals surface area contributed by atoms with Crippen LogP contribution in [0.1, 0.15) is 40.0 Å². The van der Waals surface area contributed by atoms with E-state index >= 15 is 0 Å². The Kier molecular flexibility index (Phi) is 6.98. The fraction of sp³-hybridized carbons (Fsp3) is 0.269. The summed E-state index contributed by atoms with van der Waals surface area (Å²) in [6.45, 7) is 0.603. The molecule has 0 aliphatic carbocycles. The highest BCUT2D eigenvalue weighted by Gasteiger charge is 2.38. The summed E-state index contributed by atoms with van der Waals surface area (Å²) >= 11 is 0.949. The van der Waals surface area contributed by atoms with Crippen LogP contribution in [-0.4, -0.2) is 44.5 Å². The van der Waals surface area contributed by atoms with E-state index in [1.54, 1.807) is 23.1 Å². The number of aliphatic carboxylic acids is 1. The lowest BCUT2D eigenvalue weighted by Gasteiger charge is -2.30. The Morgan fingerprint density at radius 3 is 2.58 bits per heavy atom. The first kappa shape index (κ1) is 27.5. The van der Waals surface area contributed by atoms with Gasteiger partial charge in [-0.05, 0) is 54.3 Å². The Morgan fingerprint density at radius 2 is 1.88 bits per heavy atom. The van der Waals surface area contributed by atoms with E-state index in [9.17, 15) is 41.4 Å². The molecule has 3 heterocycles. The van der Waals surface area contributed by atoms with Crippen molar-refractivity contribution in [3.63, 3.8) is 0 Å². The summed E-state index contributed by atoms with van der Waals surface area (Å²) < 4.78 is 81.5. The SMILES string of the molecule is O=C(O)[C@H]1CCCN(c2nc(O)c(C(=Cc3ccc(C(F)(F)F)cc3C(F)(F)F)c3ccc4[nH]ncc4c3)s2)C1. The van der Waals surface area contributed by atoms with Crippen molar-refractivity contribution in [2.75, 3.05) is 18.0 Å². The monoisotopic (exact) mass is 582 g/mol. The zero-order valence-corrected chi connectivity index (χ0v) is 21.2. The van der Waals surface area contributed by atoms with Crippen LogP contribution in [0, 0.1) is 5.92 Å².